The predicted octanol–water partition coefficient (Wildman–Crippen LogP) is 0.757. The molecule has 0 spiro atoms. The van der Waals surface area contributed by atoms with Crippen molar-refractivity contribution in [2.45, 2.75) is 13.0 Å². The van der Waals surface area contributed by atoms with E-state index in [2.05, 4.69) is 10.6 Å². The molecular weight excluding hydrogens is 180 g/mol. The van der Waals surface area contributed by atoms with Crippen LogP contribution in [0.2, 0.25) is 0 Å². The zero-order valence-electron chi connectivity index (χ0n) is 7.70. The minimum atomic E-state index is -0.491. The molecule has 72 valence electrons. The van der Waals surface area contributed by atoms with Crippen molar-refractivity contribution < 1.29 is 9.59 Å². The molecule has 1 atom stereocenters. The lowest BCUT2D eigenvalue weighted by Gasteiger charge is -2.06. The van der Waals surface area contributed by atoms with Crippen LogP contribution >= 0.6 is 0 Å². The normalized spacial score (nSPS) is 20.5. The average molecular weight is 190 g/mol. The Morgan fingerprint density at radius 2 is 1.93 bits per heavy atom. The fraction of sp³-hybridized carbons (Fsp3) is 0.200. The highest BCUT2D eigenvalue weighted by Gasteiger charge is 2.23. The Morgan fingerprint density at radius 3 is 2.71 bits per heavy atom. The molecule has 0 saturated carbocycles. The van der Waals surface area contributed by atoms with E-state index in [4.69, 9.17) is 0 Å². The van der Waals surface area contributed by atoms with Crippen molar-refractivity contribution in [3.63, 3.8) is 0 Å². The van der Waals surface area contributed by atoms with Crippen LogP contribution in [0.3, 0.4) is 0 Å². The van der Waals surface area contributed by atoms with Gasteiger partial charge < -0.3 is 10.6 Å². The molecule has 4 heteroatoms. The Kier molecular flexibility index (Phi) is 1.96. The summed E-state index contributed by atoms with van der Waals surface area (Å²) in [6.45, 7) is 1.65. The number of hydrogen-bond donors (Lipinski definition) is 2. The highest BCUT2D eigenvalue weighted by Crippen LogP contribution is 2.17. The summed E-state index contributed by atoms with van der Waals surface area (Å²) >= 11 is 0. The lowest BCUT2D eigenvalue weighted by Crippen LogP contribution is -2.38. The summed E-state index contributed by atoms with van der Waals surface area (Å²) in [5.74, 6) is -0.408. The van der Waals surface area contributed by atoms with Gasteiger partial charge in [0, 0.05) is 0 Å². The monoisotopic (exact) mass is 190 g/mol. The van der Waals surface area contributed by atoms with Crippen LogP contribution in [-0.4, -0.2) is 17.9 Å². The van der Waals surface area contributed by atoms with Crippen LogP contribution < -0.4 is 10.6 Å². The highest BCUT2D eigenvalue weighted by molar-refractivity contribution is 6.09. The fourth-order valence-corrected chi connectivity index (χ4v) is 1.37. The summed E-state index contributed by atoms with van der Waals surface area (Å²) in [6.07, 6.45) is 0. The number of nitrogens with one attached hydrogen (secondary N) is 2. The van der Waals surface area contributed by atoms with Crippen LogP contribution in [0.4, 0.5) is 5.69 Å². The minimum absolute atomic E-state index is 0.191. The van der Waals surface area contributed by atoms with Crippen LogP contribution in [0, 0.1) is 0 Å². The van der Waals surface area contributed by atoms with Crippen LogP contribution in [0.25, 0.3) is 0 Å². The van der Waals surface area contributed by atoms with E-state index in [1.165, 1.54) is 0 Å². The summed E-state index contributed by atoms with van der Waals surface area (Å²) in [6, 6.07) is 6.45. The maximum Gasteiger partial charge on any atom is 0.254 e. The fourth-order valence-electron chi connectivity index (χ4n) is 1.37. The highest BCUT2D eigenvalue weighted by atomic mass is 16.2. The van der Waals surface area contributed by atoms with Gasteiger partial charge >= 0.3 is 0 Å². The third kappa shape index (κ3) is 1.35. The quantitative estimate of drug-likeness (QED) is 0.634. The second-order valence-corrected chi connectivity index (χ2v) is 3.23. The van der Waals surface area contributed by atoms with Crippen molar-refractivity contribution in [2.75, 3.05) is 5.32 Å². The molecule has 4 nitrogen and oxygen atoms in total. The van der Waals surface area contributed by atoms with Crippen molar-refractivity contribution in [1.82, 2.24) is 5.32 Å². The van der Waals surface area contributed by atoms with Gasteiger partial charge in [0.05, 0.1) is 11.3 Å². The number of carbonyl (C=O) groups excluding carboxylic acids is 2. The lowest BCUT2D eigenvalue weighted by molar-refractivity contribution is -0.117. The number of anilines is 1. The van der Waals surface area contributed by atoms with Crippen molar-refractivity contribution >= 4 is 17.5 Å². The summed E-state index contributed by atoms with van der Waals surface area (Å²) < 4.78 is 0. The standard InChI is InChI=1S/C10H10N2O2/c1-6-9(13)12-8-5-3-2-4-7(8)10(14)11-6/h2-6H,1H3,(H,11,14)(H,12,13)/t6-/m0/s1. The van der Waals surface area contributed by atoms with Crippen molar-refractivity contribution in [3.8, 4) is 0 Å². The van der Waals surface area contributed by atoms with Gasteiger partial charge in [-0.3, -0.25) is 9.59 Å². The first-order valence-electron chi connectivity index (χ1n) is 4.39. The Hall–Kier alpha value is -1.84. The van der Waals surface area contributed by atoms with Gasteiger partial charge in [-0.05, 0) is 19.1 Å². The topological polar surface area (TPSA) is 58.2 Å². The van der Waals surface area contributed by atoms with E-state index in [9.17, 15) is 9.59 Å². The number of amides is 2. The third-order valence-electron chi connectivity index (χ3n) is 2.17. The molecule has 0 aliphatic carbocycles. The third-order valence-corrected chi connectivity index (χ3v) is 2.17. The van der Waals surface area contributed by atoms with E-state index in [-0.39, 0.29) is 11.8 Å². The first kappa shape index (κ1) is 8.74. The summed E-state index contributed by atoms with van der Waals surface area (Å²) in [7, 11) is 0. The first-order chi connectivity index (χ1) is 6.68. The van der Waals surface area contributed by atoms with E-state index in [1.807, 2.05) is 0 Å². The van der Waals surface area contributed by atoms with Gasteiger partial charge in [-0.1, -0.05) is 12.1 Å². The molecule has 1 heterocycles. The Balaban J connectivity index is 2.48. The van der Waals surface area contributed by atoms with Crippen molar-refractivity contribution in [1.29, 1.82) is 0 Å². The first-order valence-corrected chi connectivity index (χ1v) is 4.39. The zero-order chi connectivity index (χ0) is 10.1. The molecule has 1 aromatic carbocycles. The van der Waals surface area contributed by atoms with E-state index < -0.39 is 6.04 Å². The number of benzene rings is 1. The van der Waals surface area contributed by atoms with Crippen molar-refractivity contribution in [3.05, 3.63) is 29.8 Å². The molecule has 1 aromatic rings. The van der Waals surface area contributed by atoms with Gasteiger partial charge in [-0.2, -0.15) is 0 Å². The van der Waals surface area contributed by atoms with Crippen LogP contribution in [0.5, 0.6) is 0 Å². The molecular formula is C10H10N2O2. The van der Waals surface area contributed by atoms with E-state index in [0.717, 1.165) is 0 Å². The van der Waals surface area contributed by atoms with Crippen LogP contribution in [0.15, 0.2) is 24.3 Å². The molecule has 0 aromatic heterocycles. The molecule has 2 N–H and O–H groups in total. The van der Waals surface area contributed by atoms with Gasteiger partial charge in [-0.25, -0.2) is 0 Å². The summed E-state index contributed by atoms with van der Waals surface area (Å²) in [4.78, 5) is 23.0. The smallest absolute Gasteiger partial charge is 0.254 e. The molecule has 0 bridgehead atoms. The number of rotatable bonds is 0. The van der Waals surface area contributed by atoms with E-state index in [1.54, 1.807) is 31.2 Å². The van der Waals surface area contributed by atoms with Crippen molar-refractivity contribution in [2.24, 2.45) is 0 Å². The molecule has 2 amide bonds. The van der Waals surface area contributed by atoms with E-state index >= 15 is 0 Å². The van der Waals surface area contributed by atoms with Gasteiger partial charge in [0.1, 0.15) is 6.04 Å². The maximum absolute atomic E-state index is 11.6. The van der Waals surface area contributed by atoms with Gasteiger partial charge in [0.2, 0.25) is 5.91 Å². The molecule has 1 aliphatic rings. The van der Waals surface area contributed by atoms with Gasteiger partial charge in [0.15, 0.2) is 0 Å². The van der Waals surface area contributed by atoms with E-state index in [0.29, 0.717) is 11.3 Å². The van der Waals surface area contributed by atoms with Gasteiger partial charge in [-0.15, -0.1) is 0 Å². The molecule has 0 fully saturated rings. The zero-order valence-corrected chi connectivity index (χ0v) is 7.70. The number of carbonyl (C=O) groups is 2. The van der Waals surface area contributed by atoms with Crippen LogP contribution in [0.1, 0.15) is 17.3 Å². The molecule has 2 rings (SSSR count). The predicted molar refractivity (Wildman–Crippen MR) is 52.0 cm³/mol. The Bertz CT molecular complexity index is 401. The minimum Gasteiger partial charge on any atom is -0.340 e. The molecule has 0 saturated heterocycles. The second-order valence-electron chi connectivity index (χ2n) is 3.23. The summed E-state index contributed by atoms with van der Waals surface area (Å²) in [5.41, 5.74) is 1.07. The number of para-hydroxylation sites is 1. The van der Waals surface area contributed by atoms with Gasteiger partial charge in [0.25, 0.3) is 5.91 Å². The molecule has 14 heavy (non-hydrogen) atoms. The lowest BCUT2D eigenvalue weighted by atomic mass is 10.2. The number of fused-ring (bicyclic) bond motifs is 1. The molecule has 1 aliphatic heterocycles. The maximum atomic E-state index is 11.6. The largest absolute Gasteiger partial charge is 0.340 e. The average Bonchev–Trinajstić information content (AvgIpc) is 2.27. The second kappa shape index (κ2) is 3.14. The SMILES string of the molecule is C[C@@H]1NC(=O)c2ccccc2NC1=O. The Labute approximate surface area is 81.3 Å². The molecule has 0 unspecified atom stereocenters. The number of hydrogen-bond acceptors (Lipinski definition) is 2. The Morgan fingerprint density at radius 1 is 1.21 bits per heavy atom. The summed E-state index contributed by atoms with van der Waals surface area (Å²) in [5, 5.41) is 5.28. The van der Waals surface area contributed by atoms with Crippen LogP contribution in [-0.2, 0) is 4.79 Å². The molecule has 0 radical (unpaired) electrons.